The Morgan fingerprint density at radius 1 is 0.512 bits per heavy atom. The minimum Gasteiger partial charge on any atom is -0.455 e. The first-order chi connectivity index (χ1) is 21.3. The molecule has 5 aromatic heterocycles. The summed E-state index contributed by atoms with van der Waals surface area (Å²) >= 11 is 0. The van der Waals surface area contributed by atoms with Crippen molar-refractivity contribution in [2.75, 3.05) is 0 Å². The quantitative estimate of drug-likeness (QED) is 0.215. The van der Waals surface area contributed by atoms with Crippen molar-refractivity contribution < 1.29 is 4.42 Å². The number of benzene rings is 5. The second-order valence-electron chi connectivity index (χ2n) is 10.9. The zero-order valence-electron chi connectivity index (χ0n) is 22.8. The van der Waals surface area contributed by atoms with E-state index in [1.165, 1.54) is 0 Å². The summed E-state index contributed by atoms with van der Waals surface area (Å²) in [5.41, 5.74) is 9.18. The van der Waals surface area contributed by atoms with E-state index in [-0.39, 0.29) is 0 Å². The van der Waals surface area contributed by atoms with Gasteiger partial charge >= 0.3 is 0 Å². The molecule has 0 spiro atoms. The molecule has 0 bridgehead atoms. The monoisotopic (exact) mass is 551 g/mol. The molecule has 5 heterocycles. The number of rotatable bonds is 2. The number of hydrogen-bond donors (Lipinski definition) is 0. The fraction of sp³-hybridized carbons (Fsp3) is 0. The Labute approximate surface area is 244 Å². The first-order valence-electron chi connectivity index (χ1n) is 14.3. The number of para-hydroxylation sites is 5. The van der Waals surface area contributed by atoms with Gasteiger partial charge in [-0.1, -0.05) is 97.1 Å². The summed E-state index contributed by atoms with van der Waals surface area (Å²) in [5.74, 6) is 0.596. The molecule has 0 fully saturated rings. The van der Waals surface area contributed by atoms with Gasteiger partial charge in [-0.05, 0) is 30.3 Å². The van der Waals surface area contributed by atoms with Gasteiger partial charge in [0.15, 0.2) is 11.2 Å². The van der Waals surface area contributed by atoms with Crippen molar-refractivity contribution >= 4 is 71.5 Å². The molecule has 200 valence electrons. The molecule has 0 saturated carbocycles. The van der Waals surface area contributed by atoms with Crippen molar-refractivity contribution in [3.8, 4) is 17.2 Å². The summed E-state index contributed by atoms with van der Waals surface area (Å²) in [7, 11) is 0. The SMILES string of the molecule is c1ccc(-c2nc(-n3c4ccccc4c4c5oc6ccccc6c5c5nc6ccccc6n5c43)nc3ccccc23)cc1. The number of aromatic nitrogens is 5. The third-order valence-electron chi connectivity index (χ3n) is 8.51. The fourth-order valence-corrected chi connectivity index (χ4v) is 6.70. The number of furan rings is 1. The molecule has 6 heteroatoms. The minimum atomic E-state index is 0.596. The normalized spacial score (nSPS) is 12.2. The van der Waals surface area contributed by atoms with Crippen molar-refractivity contribution in [3.05, 3.63) is 127 Å². The van der Waals surface area contributed by atoms with Crippen molar-refractivity contribution in [2.24, 2.45) is 0 Å². The molecule has 0 N–H and O–H groups in total. The van der Waals surface area contributed by atoms with Gasteiger partial charge in [0.25, 0.3) is 0 Å². The van der Waals surface area contributed by atoms with Crippen LogP contribution in [0.1, 0.15) is 0 Å². The second-order valence-corrected chi connectivity index (χ2v) is 10.9. The molecule has 0 radical (unpaired) electrons. The number of hydrogen-bond acceptors (Lipinski definition) is 4. The lowest BCUT2D eigenvalue weighted by Crippen LogP contribution is -2.05. The molecule has 0 aliphatic rings. The van der Waals surface area contributed by atoms with Crippen LogP contribution in [-0.4, -0.2) is 23.9 Å². The van der Waals surface area contributed by atoms with Crippen LogP contribution in [0.3, 0.4) is 0 Å². The highest BCUT2D eigenvalue weighted by atomic mass is 16.3. The molecule has 0 atom stereocenters. The third-order valence-corrected chi connectivity index (χ3v) is 8.51. The Balaban J connectivity index is 1.49. The zero-order valence-corrected chi connectivity index (χ0v) is 22.8. The molecule has 0 saturated heterocycles. The van der Waals surface area contributed by atoms with Gasteiger partial charge in [-0.3, -0.25) is 8.97 Å². The van der Waals surface area contributed by atoms with Gasteiger partial charge in [0, 0.05) is 21.7 Å². The van der Waals surface area contributed by atoms with Crippen molar-refractivity contribution in [2.45, 2.75) is 0 Å². The average molecular weight is 552 g/mol. The fourth-order valence-electron chi connectivity index (χ4n) is 6.70. The van der Waals surface area contributed by atoms with E-state index in [0.29, 0.717) is 5.95 Å². The van der Waals surface area contributed by atoms with E-state index in [0.717, 1.165) is 82.7 Å². The largest absolute Gasteiger partial charge is 0.455 e. The summed E-state index contributed by atoms with van der Waals surface area (Å²) in [4.78, 5) is 15.7. The van der Waals surface area contributed by atoms with Gasteiger partial charge in [-0.2, -0.15) is 0 Å². The third kappa shape index (κ3) is 2.99. The highest BCUT2D eigenvalue weighted by molar-refractivity contribution is 6.27. The lowest BCUT2D eigenvalue weighted by Gasteiger charge is -2.12. The van der Waals surface area contributed by atoms with Crippen molar-refractivity contribution in [1.29, 1.82) is 0 Å². The highest BCUT2D eigenvalue weighted by Gasteiger charge is 2.26. The number of nitrogens with zero attached hydrogens (tertiary/aromatic N) is 5. The van der Waals surface area contributed by atoms with Crippen molar-refractivity contribution in [3.63, 3.8) is 0 Å². The molecular weight excluding hydrogens is 530 g/mol. The lowest BCUT2D eigenvalue weighted by molar-refractivity contribution is 0.673. The van der Waals surface area contributed by atoms with Crippen molar-refractivity contribution in [1.82, 2.24) is 23.9 Å². The predicted octanol–water partition coefficient (Wildman–Crippen LogP) is 9.09. The summed E-state index contributed by atoms with van der Waals surface area (Å²) in [6, 6.07) is 43.5. The second kappa shape index (κ2) is 8.27. The lowest BCUT2D eigenvalue weighted by atomic mass is 10.1. The van der Waals surface area contributed by atoms with E-state index in [4.69, 9.17) is 19.4 Å². The Hall–Kier alpha value is -6.01. The van der Waals surface area contributed by atoms with Gasteiger partial charge in [-0.15, -0.1) is 0 Å². The van der Waals surface area contributed by atoms with Crippen LogP contribution in [0.2, 0.25) is 0 Å². The van der Waals surface area contributed by atoms with Crippen LogP contribution in [0.25, 0.3) is 88.7 Å². The molecule has 43 heavy (non-hydrogen) atoms. The molecule has 0 aliphatic heterocycles. The van der Waals surface area contributed by atoms with Gasteiger partial charge in [0.1, 0.15) is 11.2 Å². The van der Waals surface area contributed by atoms with Crippen LogP contribution in [0.15, 0.2) is 132 Å². The average Bonchev–Trinajstić information content (AvgIpc) is 3.74. The minimum absolute atomic E-state index is 0.596. The topological polar surface area (TPSA) is 61.2 Å². The first-order valence-corrected chi connectivity index (χ1v) is 14.3. The molecule has 10 rings (SSSR count). The van der Waals surface area contributed by atoms with Crippen LogP contribution in [-0.2, 0) is 0 Å². The van der Waals surface area contributed by atoms with Crippen LogP contribution >= 0.6 is 0 Å². The van der Waals surface area contributed by atoms with Crippen LogP contribution in [0, 0.1) is 0 Å². The van der Waals surface area contributed by atoms with Crippen LogP contribution < -0.4 is 0 Å². The standard InChI is InChI=1S/C37H21N5O/c1-2-12-22(13-3-1)33-23-14-4-7-17-26(23)39-37(40-33)42-28-19-9-5-15-24(28)32-34-31(25-16-6-11-21-30(25)43-34)35-38-27-18-8-10-20-29(27)41(35)36(32)42/h1-21H. The van der Waals surface area contributed by atoms with E-state index in [2.05, 4.69) is 87.8 Å². The summed E-state index contributed by atoms with van der Waals surface area (Å²) in [6.45, 7) is 0. The molecule has 0 aliphatic carbocycles. The van der Waals surface area contributed by atoms with E-state index >= 15 is 0 Å². The van der Waals surface area contributed by atoms with Crippen LogP contribution in [0.5, 0.6) is 0 Å². The first kappa shape index (κ1) is 22.7. The molecule has 10 aromatic rings. The predicted molar refractivity (Wildman–Crippen MR) is 173 cm³/mol. The van der Waals surface area contributed by atoms with Gasteiger partial charge in [0.2, 0.25) is 5.95 Å². The van der Waals surface area contributed by atoms with E-state index in [9.17, 15) is 0 Å². The Bertz CT molecular complexity index is 2700. The maximum Gasteiger partial charge on any atom is 0.236 e. The van der Waals surface area contributed by atoms with E-state index in [1.54, 1.807) is 0 Å². The van der Waals surface area contributed by atoms with Gasteiger partial charge < -0.3 is 4.42 Å². The highest BCUT2D eigenvalue weighted by Crippen LogP contribution is 2.43. The molecule has 6 nitrogen and oxygen atoms in total. The maximum atomic E-state index is 6.68. The Morgan fingerprint density at radius 2 is 1.19 bits per heavy atom. The summed E-state index contributed by atoms with van der Waals surface area (Å²) < 4.78 is 11.1. The van der Waals surface area contributed by atoms with E-state index < -0.39 is 0 Å². The molecule has 5 aromatic carbocycles. The molecular formula is C37H21N5O. The van der Waals surface area contributed by atoms with Gasteiger partial charge in [-0.25, -0.2) is 15.0 Å². The number of imidazole rings is 1. The molecule has 0 amide bonds. The smallest absolute Gasteiger partial charge is 0.236 e. The zero-order chi connectivity index (χ0) is 28.1. The summed E-state index contributed by atoms with van der Waals surface area (Å²) in [6.07, 6.45) is 0. The number of fused-ring (bicyclic) bond motifs is 13. The maximum absolute atomic E-state index is 6.68. The Kier molecular flexibility index (Phi) is 4.36. The number of pyridine rings is 1. The Morgan fingerprint density at radius 3 is 2.05 bits per heavy atom. The van der Waals surface area contributed by atoms with Gasteiger partial charge in [0.05, 0.1) is 38.5 Å². The van der Waals surface area contributed by atoms with Crippen LogP contribution in [0.4, 0.5) is 0 Å². The molecule has 0 unspecified atom stereocenters. The van der Waals surface area contributed by atoms with E-state index in [1.807, 2.05) is 48.5 Å². The summed E-state index contributed by atoms with van der Waals surface area (Å²) in [5, 5.41) is 5.14.